The van der Waals surface area contributed by atoms with E-state index in [2.05, 4.69) is 0 Å². The van der Waals surface area contributed by atoms with Crippen molar-refractivity contribution in [1.82, 2.24) is 0 Å². The van der Waals surface area contributed by atoms with Gasteiger partial charge in [0.15, 0.2) is 0 Å². The van der Waals surface area contributed by atoms with Gasteiger partial charge in [0.05, 0.1) is 39.7 Å². The summed E-state index contributed by atoms with van der Waals surface area (Å²) in [5, 5.41) is 0. The average Bonchev–Trinajstić information content (AvgIpc) is 2.88. The van der Waals surface area contributed by atoms with E-state index >= 15 is 0 Å². The van der Waals surface area contributed by atoms with Crippen LogP contribution in [0.5, 0.6) is 11.5 Å². The molecule has 0 unspecified atom stereocenters. The summed E-state index contributed by atoms with van der Waals surface area (Å²) in [6, 6.07) is 5.12. The van der Waals surface area contributed by atoms with Crippen molar-refractivity contribution >= 4 is 17.6 Å². The van der Waals surface area contributed by atoms with Gasteiger partial charge in [-0.3, -0.25) is 0 Å². The van der Waals surface area contributed by atoms with Crippen molar-refractivity contribution in [3.8, 4) is 11.5 Å². The third kappa shape index (κ3) is 3.65. The molecule has 1 aliphatic rings. The van der Waals surface area contributed by atoms with E-state index < -0.39 is 11.9 Å². The molecule has 1 aromatic rings. The Balaban J connectivity index is 2.73. The highest BCUT2D eigenvalue weighted by Crippen LogP contribution is 2.36. The van der Waals surface area contributed by atoms with Crippen LogP contribution in [0.2, 0.25) is 0 Å². The van der Waals surface area contributed by atoms with Crippen molar-refractivity contribution in [1.29, 1.82) is 0 Å². The Morgan fingerprint density at radius 2 is 1.64 bits per heavy atom. The largest absolute Gasteiger partial charge is 0.497 e. The Labute approximate surface area is 145 Å². The Morgan fingerprint density at radius 1 is 0.920 bits per heavy atom. The fraction of sp³-hybridized carbons (Fsp3) is 0.222. The molecule has 0 aromatic heterocycles. The minimum absolute atomic E-state index is 0.00547. The summed E-state index contributed by atoms with van der Waals surface area (Å²) in [6.07, 6.45) is 6.41. The molecule has 1 aromatic carbocycles. The van der Waals surface area contributed by atoms with Crippen LogP contribution in [0.25, 0.3) is 0 Å². The van der Waals surface area contributed by atoms with E-state index in [9.17, 15) is 9.59 Å². The minimum Gasteiger partial charge on any atom is -0.497 e. The molecule has 0 N–H and O–H groups in total. The maximum Gasteiger partial charge on any atom is 0.355 e. The van der Waals surface area contributed by atoms with Crippen molar-refractivity contribution in [3.05, 3.63) is 53.9 Å². The molecule has 7 nitrogen and oxygen atoms in total. The van der Waals surface area contributed by atoms with E-state index in [-0.39, 0.29) is 11.3 Å². The molecule has 2 rings (SSSR count). The standard InChI is InChI=1S/C18H19NO6/c1-22-12-8-9-15(23-2)14(11-12)19-10-6-5-7-13(17(20)24-3)16(19)18(21)25-4/h5-11H,1-4H3. The van der Waals surface area contributed by atoms with E-state index in [1.807, 2.05) is 0 Å². The lowest BCUT2D eigenvalue weighted by molar-refractivity contribution is -0.139. The zero-order valence-corrected chi connectivity index (χ0v) is 14.4. The first kappa shape index (κ1) is 18.1. The van der Waals surface area contributed by atoms with Gasteiger partial charge < -0.3 is 23.8 Å². The molecule has 0 bridgehead atoms. The molecule has 0 amide bonds. The molecule has 0 spiro atoms. The smallest absolute Gasteiger partial charge is 0.355 e. The fourth-order valence-electron chi connectivity index (χ4n) is 2.34. The summed E-state index contributed by atoms with van der Waals surface area (Å²) in [6.45, 7) is 0. The lowest BCUT2D eigenvalue weighted by Crippen LogP contribution is -2.27. The number of allylic oxidation sites excluding steroid dienone is 2. The van der Waals surface area contributed by atoms with E-state index in [4.69, 9.17) is 18.9 Å². The summed E-state index contributed by atoms with van der Waals surface area (Å²) in [5.74, 6) is -0.308. The number of hydrogen-bond acceptors (Lipinski definition) is 7. The molecule has 1 aliphatic heterocycles. The third-order valence-corrected chi connectivity index (χ3v) is 3.53. The third-order valence-electron chi connectivity index (χ3n) is 3.53. The Kier molecular flexibility index (Phi) is 5.84. The fourth-order valence-corrected chi connectivity index (χ4v) is 2.34. The second-order valence-electron chi connectivity index (χ2n) is 4.85. The second-order valence-corrected chi connectivity index (χ2v) is 4.85. The number of hydrogen-bond donors (Lipinski definition) is 0. The molecule has 0 fully saturated rings. The predicted octanol–water partition coefficient (Wildman–Crippen LogP) is 2.19. The van der Waals surface area contributed by atoms with Gasteiger partial charge >= 0.3 is 11.9 Å². The summed E-state index contributed by atoms with van der Waals surface area (Å²) < 4.78 is 20.3. The van der Waals surface area contributed by atoms with Crippen LogP contribution in [0.3, 0.4) is 0 Å². The van der Waals surface area contributed by atoms with Crippen molar-refractivity contribution in [3.63, 3.8) is 0 Å². The number of carbonyl (C=O) groups is 2. The van der Waals surface area contributed by atoms with Crippen LogP contribution in [0.1, 0.15) is 0 Å². The van der Waals surface area contributed by atoms with Gasteiger partial charge in [0, 0.05) is 12.3 Å². The molecule has 0 radical (unpaired) electrons. The molecule has 7 heteroatoms. The molecule has 0 saturated carbocycles. The van der Waals surface area contributed by atoms with Gasteiger partial charge in [-0.05, 0) is 24.3 Å². The SMILES string of the molecule is COC(=O)C1=C(C(=O)OC)N(c2cc(OC)ccc2OC)C=CC=C1. The molecular formula is C18H19NO6. The minimum atomic E-state index is -0.693. The van der Waals surface area contributed by atoms with Crippen LogP contribution in [0.15, 0.2) is 53.9 Å². The van der Waals surface area contributed by atoms with Crippen molar-refractivity contribution in [2.75, 3.05) is 33.3 Å². The van der Waals surface area contributed by atoms with Crippen molar-refractivity contribution in [2.45, 2.75) is 0 Å². The van der Waals surface area contributed by atoms with Gasteiger partial charge in [0.25, 0.3) is 0 Å². The quantitative estimate of drug-likeness (QED) is 0.757. The number of ether oxygens (including phenoxy) is 4. The first-order valence-electron chi connectivity index (χ1n) is 7.34. The van der Waals surface area contributed by atoms with Gasteiger partial charge in [-0.1, -0.05) is 6.08 Å². The highest BCUT2D eigenvalue weighted by molar-refractivity contribution is 6.05. The molecule has 0 aliphatic carbocycles. The lowest BCUT2D eigenvalue weighted by Gasteiger charge is -2.25. The Morgan fingerprint density at radius 3 is 2.24 bits per heavy atom. The Bertz CT molecular complexity index is 763. The zero-order chi connectivity index (χ0) is 18.4. The first-order valence-corrected chi connectivity index (χ1v) is 7.34. The van der Waals surface area contributed by atoms with E-state index in [0.29, 0.717) is 17.2 Å². The summed E-state index contributed by atoms with van der Waals surface area (Å²) >= 11 is 0. The monoisotopic (exact) mass is 345 g/mol. The van der Waals surface area contributed by atoms with Gasteiger partial charge in [0.2, 0.25) is 0 Å². The predicted molar refractivity (Wildman–Crippen MR) is 91.4 cm³/mol. The van der Waals surface area contributed by atoms with Crippen molar-refractivity contribution in [2.24, 2.45) is 0 Å². The van der Waals surface area contributed by atoms with E-state index in [1.165, 1.54) is 39.4 Å². The van der Waals surface area contributed by atoms with Gasteiger partial charge in [-0.15, -0.1) is 0 Å². The molecule has 0 atom stereocenters. The molecule has 1 heterocycles. The van der Waals surface area contributed by atoms with Crippen LogP contribution in [0, 0.1) is 0 Å². The Hall–Kier alpha value is -3.22. The number of rotatable bonds is 5. The summed E-state index contributed by atoms with van der Waals surface area (Å²) in [5.41, 5.74) is 0.568. The number of anilines is 1. The average molecular weight is 345 g/mol. The number of nitrogens with zero attached hydrogens (tertiary/aromatic N) is 1. The number of carbonyl (C=O) groups excluding carboxylic acids is 2. The molecule has 25 heavy (non-hydrogen) atoms. The summed E-state index contributed by atoms with van der Waals surface area (Å²) in [4.78, 5) is 26.1. The highest BCUT2D eigenvalue weighted by atomic mass is 16.5. The zero-order valence-electron chi connectivity index (χ0n) is 14.4. The van der Waals surface area contributed by atoms with Gasteiger partial charge in [-0.25, -0.2) is 9.59 Å². The first-order chi connectivity index (χ1) is 12.1. The van der Waals surface area contributed by atoms with Crippen LogP contribution in [-0.4, -0.2) is 40.4 Å². The number of methoxy groups -OCH3 is 4. The van der Waals surface area contributed by atoms with Crippen molar-refractivity contribution < 1.29 is 28.5 Å². The van der Waals surface area contributed by atoms with Gasteiger partial charge in [0.1, 0.15) is 17.2 Å². The van der Waals surface area contributed by atoms with Crippen LogP contribution in [0.4, 0.5) is 5.69 Å². The van der Waals surface area contributed by atoms with Crippen LogP contribution in [-0.2, 0) is 19.1 Å². The van der Waals surface area contributed by atoms with Crippen LogP contribution >= 0.6 is 0 Å². The number of benzene rings is 1. The van der Waals surface area contributed by atoms with E-state index in [0.717, 1.165) is 0 Å². The maximum atomic E-state index is 12.4. The topological polar surface area (TPSA) is 74.3 Å². The summed E-state index contributed by atoms with van der Waals surface area (Å²) in [7, 11) is 5.52. The highest BCUT2D eigenvalue weighted by Gasteiger charge is 2.29. The maximum absolute atomic E-state index is 12.4. The normalized spacial score (nSPS) is 13.4. The number of esters is 2. The molecular weight excluding hydrogens is 326 g/mol. The lowest BCUT2D eigenvalue weighted by atomic mass is 10.1. The van der Waals surface area contributed by atoms with Gasteiger partial charge in [-0.2, -0.15) is 0 Å². The second kappa shape index (κ2) is 8.05. The van der Waals surface area contributed by atoms with E-state index in [1.54, 1.807) is 36.6 Å². The molecule has 0 saturated heterocycles. The molecule has 132 valence electrons. The van der Waals surface area contributed by atoms with Crippen LogP contribution < -0.4 is 14.4 Å².